The van der Waals surface area contributed by atoms with Crippen LogP contribution in [-0.2, 0) is 17.9 Å². The maximum atomic E-state index is 6.71. The van der Waals surface area contributed by atoms with Crippen LogP contribution in [-0.4, -0.2) is 4.57 Å². The smallest absolute Gasteiger partial charge is 0.244 e. The molecule has 0 spiro atoms. The van der Waals surface area contributed by atoms with Gasteiger partial charge < -0.3 is 4.74 Å². The number of rotatable bonds is 10. The highest BCUT2D eigenvalue weighted by molar-refractivity contribution is 6.30. The van der Waals surface area contributed by atoms with Crippen LogP contribution in [0.25, 0.3) is 0 Å². The largest absolute Gasteiger partial charge is 0.365 e. The normalized spacial score (nSPS) is 12.9. The lowest BCUT2D eigenvalue weighted by atomic mass is 9.94. The molecule has 40 heavy (non-hydrogen) atoms. The Hall–Kier alpha value is -3.66. The van der Waals surface area contributed by atoms with E-state index in [9.17, 15) is 0 Å². The molecule has 0 fully saturated rings. The monoisotopic (exact) mass is 549 g/mol. The molecule has 0 N–H and O–H groups in total. The van der Waals surface area contributed by atoms with Crippen molar-refractivity contribution in [3.8, 4) is 0 Å². The SMILES string of the molecule is Cc1ccc(COC(C[n+]2ccn(C(c3ccccc3)c3ccc(Cl)cc3)c2)c2ccccc2C(C)C)cc1C. The van der Waals surface area contributed by atoms with E-state index in [1.54, 1.807) is 0 Å². The van der Waals surface area contributed by atoms with Crippen molar-refractivity contribution in [2.45, 2.75) is 58.9 Å². The molecule has 3 nitrogen and oxygen atoms in total. The van der Waals surface area contributed by atoms with Gasteiger partial charge in [0.05, 0.1) is 6.61 Å². The van der Waals surface area contributed by atoms with E-state index in [4.69, 9.17) is 16.3 Å². The zero-order valence-electron chi connectivity index (χ0n) is 23.8. The van der Waals surface area contributed by atoms with Gasteiger partial charge in [0.15, 0.2) is 6.04 Å². The predicted octanol–water partition coefficient (Wildman–Crippen LogP) is 8.77. The van der Waals surface area contributed by atoms with Crippen molar-refractivity contribution in [3.63, 3.8) is 0 Å². The third-order valence-corrected chi connectivity index (χ3v) is 7.93. The number of benzene rings is 4. The topological polar surface area (TPSA) is 18.0 Å². The molecular formula is C36H38ClN2O+. The second kappa shape index (κ2) is 12.7. The summed E-state index contributed by atoms with van der Waals surface area (Å²) >= 11 is 6.23. The van der Waals surface area contributed by atoms with E-state index in [1.807, 2.05) is 12.1 Å². The van der Waals surface area contributed by atoms with Gasteiger partial charge in [-0.05, 0) is 59.7 Å². The minimum atomic E-state index is -0.0910. The van der Waals surface area contributed by atoms with Crippen LogP contribution in [0.5, 0.6) is 0 Å². The van der Waals surface area contributed by atoms with Gasteiger partial charge in [0, 0.05) is 16.1 Å². The minimum Gasteiger partial charge on any atom is -0.365 e. The molecule has 4 heteroatoms. The Morgan fingerprint density at radius 3 is 2.15 bits per heavy atom. The zero-order chi connectivity index (χ0) is 28.1. The Bertz CT molecular complexity index is 1540. The average molecular weight is 550 g/mol. The van der Waals surface area contributed by atoms with Crippen LogP contribution in [0.2, 0.25) is 5.02 Å². The van der Waals surface area contributed by atoms with E-state index in [0.717, 1.165) is 5.02 Å². The van der Waals surface area contributed by atoms with Crippen LogP contribution in [0.1, 0.15) is 70.9 Å². The van der Waals surface area contributed by atoms with E-state index >= 15 is 0 Å². The van der Waals surface area contributed by atoms with Crippen LogP contribution in [0.3, 0.4) is 0 Å². The van der Waals surface area contributed by atoms with E-state index in [2.05, 4.69) is 140 Å². The second-order valence-electron chi connectivity index (χ2n) is 10.9. The summed E-state index contributed by atoms with van der Waals surface area (Å²) in [5.74, 6) is 0.408. The van der Waals surface area contributed by atoms with Crippen molar-refractivity contribution in [2.75, 3.05) is 0 Å². The summed E-state index contributed by atoms with van der Waals surface area (Å²) < 4.78 is 11.2. The lowest BCUT2D eigenvalue weighted by molar-refractivity contribution is -0.705. The van der Waals surface area contributed by atoms with Crippen molar-refractivity contribution < 1.29 is 9.30 Å². The number of aryl methyl sites for hydroxylation is 2. The molecule has 4 aromatic carbocycles. The Morgan fingerprint density at radius 1 is 0.775 bits per heavy atom. The van der Waals surface area contributed by atoms with Gasteiger partial charge in [-0.3, -0.25) is 0 Å². The van der Waals surface area contributed by atoms with Crippen LogP contribution in [0.4, 0.5) is 0 Å². The van der Waals surface area contributed by atoms with Crippen LogP contribution >= 0.6 is 11.6 Å². The van der Waals surface area contributed by atoms with Gasteiger partial charge in [-0.25, -0.2) is 9.13 Å². The molecule has 1 heterocycles. The highest BCUT2D eigenvalue weighted by Gasteiger charge is 2.25. The van der Waals surface area contributed by atoms with E-state index in [0.29, 0.717) is 19.1 Å². The van der Waals surface area contributed by atoms with Gasteiger partial charge in [0.2, 0.25) is 6.33 Å². The Kier molecular flexibility index (Phi) is 8.84. The quantitative estimate of drug-likeness (QED) is 0.159. The van der Waals surface area contributed by atoms with Crippen LogP contribution in [0, 0.1) is 13.8 Å². The lowest BCUT2D eigenvalue weighted by Crippen LogP contribution is -2.36. The summed E-state index contributed by atoms with van der Waals surface area (Å²) in [6.07, 6.45) is 6.40. The van der Waals surface area contributed by atoms with Gasteiger partial charge in [-0.2, -0.15) is 0 Å². The molecule has 0 amide bonds. The van der Waals surface area contributed by atoms with E-state index in [1.165, 1.54) is 38.9 Å². The summed E-state index contributed by atoms with van der Waals surface area (Å²) in [7, 11) is 0. The van der Waals surface area contributed by atoms with E-state index in [-0.39, 0.29) is 12.1 Å². The molecular weight excluding hydrogens is 512 g/mol. The fourth-order valence-electron chi connectivity index (χ4n) is 5.34. The first-order valence-corrected chi connectivity index (χ1v) is 14.4. The van der Waals surface area contributed by atoms with Gasteiger partial charge >= 0.3 is 0 Å². The van der Waals surface area contributed by atoms with Crippen molar-refractivity contribution in [3.05, 3.63) is 160 Å². The summed E-state index contributed by atoms with van der Waals surface area (Å²) in [4.78, 5) is 0. The molecule has 0 saturated heterocycles. The molecule has 5 aromatic rings. The summed E-state index contributed by atoms with van der Waals surface area (Å²) in [5, 5.41) is 0.741. The number of ether oxygens (including phenoxy) is 1. The highest BCUT2D eigenvalue weighted by atomic mass is 35.5. The number of imidazole rings is 1. The lowest BCUT2D eigenvalue weighted by Gasteiger charge is -2.22. The molecule has 5 rings (SSSR count). The standard InChI is InChI=1S/C36H38ClN2O/c1-26(2)33-12-8-9-13-34(33)35(40-24-29-15-14-27(3)28(4)22-29)23-38-20-21-39(25-38)36(30-10-6-5-7-11-30)31-16-18-32(37)19-17-31/h5-22,25-26,35-36H,23-24H2,1-4H3/q+1. The van der Waals surface area contributed by atoms with E-state index < -0.39 is 0 Å². The third kappa shape index (κ3) is 6.55. The first kappa shape index (κ1) is 27.9. The first-order chi connectivity index (χ1) is 19.4. The van der Waals surface area contributed by atoms with Gasteiger partial charge in [-0.15, -0.1) is 0 Å². The Balaban J connectivity index is 1.46. The number of hydrogen-bond donors (Lipinski definition) is 0. The number of halogens is 1. The summed E-state index contributed by atoms with van der Waals surface area (Å²) in [5.41, 5.74) is 8.78. The van der Waals surface area contributed by atoms with Gasteiger partial charge in [0.25, 0.3) is 0 Å². The van der Waals surface area contributed by atoms with Crippen LogP contribution in [0.15, 0.2) is 116 Å². The maximum Gasteiger partial charge on any atom is 0.244 e. The molecule has 1 aromatic heterocycles. The minimum absolute atomic E-state index is 0.0394. The molecule has 204 valence electrons. The second-order valence-corrected chi connectivity index (χ2v) is 11.4. The maximum absolute atomic E-state index is 6.71. The number of nitrogens with zero attached hydrogens (tertiary/aromatic N) is 2. The molecule has 2 atom stereocenters. The number of aromatic nitrogens is 2. The molecule has 0 radical (unpaired) electrons. The molecule has 0 aliphatic carbocycles. The molecule has 2 unspecified atom stereocenters. The first-order valence-electron chi connectivity index (χ1n) is 14.0. The van der Waals surface area contributed by atoms with Crippen molar-refractivity contribution in [2.24, 2.45) is 0 Å². The van der Waals surface area contributed by atoms with Crippen LogP contribution < -0.4 is 4.57 Å². The van der Waals surface area contributed by atoms with Gasteiger partial charge in [-0.1, -0.05) is 110 Å². The zero-order valence-corrected chi connectivity index (χ0v) is 24.6. The Morgan fingerprint density at radius 2 is 1.45 bits per heavy atom. The molecule has 0 saturated carbocycles. The Labute approximate surface area is 243 Å². The average Bonchev–Trinajstić information content (AvgIpc) is 3.42. The predicted molar refractivity (Wildman–Crippen MR) is 164 cm³/mol. The summed E-state index contributed by atoms with van der Waals surface area (Å²) in [6.45, 7) is 10.1. The third-order valence-electron chi connectivity index (χ3n) is 7.68. The van der Waals surface area contributed by atoms with Crippen molar-refractivity contribution in [1.29, 1.82) is 0 Å². The summed E-state index contributed by atoms with van der Waals surface area (Å²) in [6, 6.07) is 34.1. The highest BCUT2D eigenvalue weighted by Crippen LogP contribution is 2.30. The van der Waals surface area contributed by atoms with Crippen molar-refractivity contribution >= 4 is 11.6 Å². The molecule has 0 aliphatic heterocycles. The molecule has 0 aliphatic rings. The fourth-order valence-corrected chi connectivity index (χ4v) is 5.47. The number of hydrogen-bond acceptors (Lipinski definition) is 1. The van der Waals surface area contributed by atoms with Crippen molar-refractivity contribution in [1.82, 2.24) is 4.57 Å². The van der Waals surface area contributed by atoms with Gasteiger partial charge in [0.1, 0.15) is 25.0 Å². The molecule has 0 bridgehead atoms. The fraction of sp³-hybridized carbons (Fsp3) is 0.250.